The third kappa shape index (κ3) is 2.29. The maximum Gasteiger partial charge on any atom is 0.0572 e. The highest BCUT2D eigenvalue weighted by molar-refractivity contribution is 8.00. The van der Waals surface area contributed by atoms with Crippen molar-refractivity contribution in [3.8, 4) is 0 Å². The maximum atomic E-state index is 4.80. The molecule has 1 aliphatic rings. The molecule has 0 amide bonds. The van der Waals surface area contributed by atoms with Crippen LogP contribution in [0.2, 0.25) is 0 Å². The quantitative estimate of drug-likeness (QED) is 0.768. The number of nitrogens with one attached hydrogen (secondary N) is 1. The molecule has 3 heteroatoms. The summed E-state index contributed by atoms with van der Waals surface area (Å²) in [4.78, 5) is 4.80. The fourth-order valence-electron chi connectivity index (χ4n) is 1.49. The first-order valence-corrected chi connectivity index (χ1v) is 5.98. The summed E-state index contributed by atoms with van der Waals surface area (Å²) in [5, 5.41) is 0. The SMILES string of the molecule is CONCc1ccc(C2CSC2)cc1. The van der Waals surface area contributed by atoms with Crippen LogP contribution in [-0.4, -0.2) is 18.6 Å². The van der Waals surface area contributed by atoms with E-state index in [4.69, 9.17) is 4.84 Å². The second-order valence-corrected chi connectivity index (χ2v) is 4.58. The smallest absolute Gasteiger partial charge is 0.0572 e. The molecule has 0 unspecified atom stereocenters. The van der Waals surface area contributed by atoms with Crippen LogP contribution in [0.5, 0.6) is 0 Å². The first kappa shape index (κ1) is 10.0. The number of benzene rings is 1. The van der Waals surface area contributed by atoms with Crippen LogP contribution in [0.15, 0.2) is 24.3 Å². The first-order chi connectivity index (χ1) is 6.90. The fourth-order valence-corrected chi connectivity index (χ4v) is 2.35. The van der Waals surface area contributed by atoms with Gasteiger partial charge in [0.25, 0.3) is 0 Å². The van der Waals surface area contributed by atoms with Crippen LogP contribution in [0, 0.1) is 0 Å². The standard InChI is InChI=1S/C11H15NOS/c1-13-12-6-9-2-4-10(5-3-9)11-7-14-8-11/h2-5,11-12H,6-8H2,1H3. The molecule has 1 saturated heterocycles. The Morgan fingerprint density at radius 3 is 2.57 bits per heavy atom. The summed E-state index contributed by atoms with van der Waals surface area (Å²) in [6.45, 7) is 0.774. The van der Waals surface area contributed by atoms with E-state index in [0.717, 1.165) is 12.5 Å². The van der Waals surface area contributed by atoms with Gasteiger partial charge in [0.05, 0.1) is 7.11 Å². The third-order valence-electron chi connectivity index (χ3n) is 2.51. The molecule has 0 spiro atoms. The van der Waals surface area contributed by atoms with Gasteiger partial charge in [-0.3, -0.25) is 0 Å². The molecule has 0 radical (unpaired) electrons. The molecular weight excluding hydrogens is 194 g/mol. The Morgan fingerprint density at radius 2 is 2.07 bits per heavy atom. The maximum absolute atomic E-state index is 4.80. The van der Waals surface area contributed by atoms with E-state index in [1.807, 2.05) is 11.8 Å². The van der Waals surface area contributed by atoms with E-state index in [1.54, 1.807) is 7.11 Å². The van der Waals surface area contributed by atoms with Crippen LogP contribution in [0.3, 0.4) is 0 Å². The number of hydrogen-bond acceptors (Lipinski definition) is 3. The minimum Gasteiger partial charge on any atom is -0.305 e. The summed E-state index contributed by atoms with van der Waals surface area (Å²) in [7, 11) is 1.64. The van der Waals surface area contributed by atoms with Gasteiger partial charge in [-0.25, -0.2) is 0 Å². The molecule has 1 N–H and O–H groups in total. The van der Waals surface area contributed by atoms with Crippen molar-refractivity contribution in [2.24, 2.45) is 0 Å². The summed E-state index contributed by atoms with van der Waals surface area (Å²) in [6, 6.07) is 8.81. The molecule has 0 aliphatic carbocycles. The molecule has 14 heavy (non-hydrogen) atoms. The number of hydroxylamine groups is 1. The van der Waals surface area contributed by atoms with Gasteiger partial charge in [-0.05, 0) is 11.1 Å². The van der Waals surface area contributed by atoms with Crippen molar-refractivity contribution in [3.05, 3.63) is 35.4 Å². The molecule has 76 valence electrons. The van der Waals surface area contributed by atoms with Crippen LogP contribution in [-0.2, 0) is 11.4 Å². The highest BCUT2D eigenvalue weighted by Crippen LogP contribution is 2.33. The van der Waals surface area contributed by atoms with E-state index in [1.165, 1.54) is 22.6 Å². The Balaban J connectivity index is 1.95. The summed E-state index contributed by atoms with van der Waals surface area (Å²) in [6.07, 6.45) is 0. The Morgan fingerprint density at radius 1 is 1.36 bits per heavy atom. The largest absolute Gasteiger partial charge is 0.305 e. The molecule has 0 saturated carbocycles. The van der Waals surface area contributed by atoms with Crippen LogP contribution in [0.25, 0.3) is 0 Å². The lowest BCUT2D eigenvalue weighted by atomic mass is 10.0. The zero-order valence-corrected chi connectivity index (χ0v) is 9.14. The Bertz CT molecular complexity index is 282. The van der Waals surface area contributed by atoms with Gasteiger partial charge < -0.3 is 4.84 Å². The Hall–Kier alpha value is -0.510. The average molecular weight is 209 g/mol. The van der Waals surface area contributed by atoms with Crippen molar-refractivity contribution >= 4 is 11.8 Å². The zero-order valence-electron chi connectivity index (χ0n) is 8.32. The molecule has 1 heterocycles. The van der Waals surface area contributed by atoms with Crippen LogP contribution in [0.1, 0.15) is 17.0 Å². The van der Waals surface area contributed by atoms with E-state index in [-0.39, 0.29) is 0 Å². The van der Waals surface area contributed by atoms with Crippen LogP contribution >= 0.6 is 11.8 Å². The van der Waals surface area contributed by atoms with Gasteiger partial charge in [-0.2, -0.15) is 17.2 Å². The van der Waals surface area contributed by atoms with Gasteiger partial charge in [-0.1, -0.05) is 24.3 Å². The molecule has 0 aromatic heterocycles. The van der Waals surface area contributed by atoms with E-state index < -0.39 is 0 Å². The van der Waals surface area contributed by atoms with Crippen molar-refractivity contribution in [2.45, 2.75) is 12.5 Å². The van der Waals surface area contributed by atoms with Gasteiger partial charge in [0.2, 0.25) is 0 Å². The molecule has 1 fully saturated rings. The summed E-state index contributed by atoms with van der Waals surface area (Å²) < 4.78 is 0. The molecule has 1 aromatic carbocycles. The zero-order chi connectivity index (χ0) is 9.80. The van der Waals surface area contributed by atoms with Gasteiger partial charge in [-0.15, -0.1) is 0 Å². The van der Waals surface area contributed by atoms with Crippen molar-refractivity contribution in [2.75, 3.05) is 18.6 Å². The predicted octanol–water partition coefficient (Wildman–Crippen LogP) is 2.17. The first-order valence-electron chi connectivity index (χ1n) is 4.82. The van der Waals surface area contributed by atoms with E-state index >= 15 is 0 Å². The number of rotatable bonds is 4. The molecule has 2 nitrogen and oxygen atoms in total. The van der Waals surface area contributed by atoms with Gasteiger partial charge >= 0.3 is 0 Å². The van der Waals surface area contributed by atoms with E-state index in [2.05, 4.69) is 29.7 Å². The van der Waals surface area contributed by atoms with Gasteiger partial charge in [0.1, 0.15) is 0 Å². The van der Waals surface area contributed by atoms with Crippen molar-refractivity contribution in [1.82, 2.24) is 5.48 Å². The van der Waals surface area contributed by atoms with Crippen LogP contribution < -0.4 is 5.48 Å². The summed E-state index contributed by atoms with van der Waals surface area (Å²) in [5.74, 6) is 3.37. The number of hydrogen-bond donors (Lipinski definition) is 1. The summed E-state index contributed by atoms with van der Waals surface area (Å²) >= 11 is 2.03. The van der Waals surface area contributed by atoms with Crippen LogP contribution in [0.4, 0.5) is 0 Å². The topological polar surface area (TPSA) is 21.3 Å². The highest BCUT2D eigenvalue weighted by Gasteiger charge is 2.19. The van der Waals surface area contributed by atoms with Gasteiger partial charge in [0.15, 0.2) is 0 Å². The molecule has 0 bridgehead atoms. The molecule has 0 atom stereocenters. The lowest BCUT2D eigenvalue weighted by molar-refractivity contribution is 0.0867. The minimum atomic E-state index is 0.774. The summed E-state index contributed by atoms with van der Waals surface area (Å²) in [5.41, 5.74) is 5.58. The van der Waals surface area contributed by atoms with Crippen molar-refractivity contribution in [3.63, 3.8) is 0 Å². The van der Waals surface area contributed by atoms with E-state index in [9.17, 15) is 0 Å². The predicted molar refractivity (Wildman–Crippen MR) is 60.4 cm³/mol. The number of thioether (sulfide) groups is 1. The van der Waals surface area contributed by atoms with Gasteiger partial charge in [0, 0.05) is 24.0 Å². The fraction of sp³-hybridized carbons (Fsp3) is 0.455. The monoisotopic (exact) mass is 209 g/mol. The average Bonchev–Trinajstić information content (AvgIpc) is 2.14. The highest BCUT2D eigenvalue weighted by atomic mass is 32.2. The molecule has 2 rings (SSSR count). The second-order valence-electron chi connectivity index (χ2n) is 3.50. The lowest BCUT2D eigenvalue weighted by Gasteiger charge is -2.25. The molecule has 1 aliphatic heterocycles. The van der Waals surface area contributed by atoms with Crippen molar-refractivity contribution in [1.29, 1.82) is 0 Å². The Labute approximate surface area is 89.0 Å². The van der Waals surface area contributed by atoms with Crippen molar-refractivity contribution < 1.29 is 4.84 Å². The molecule has 1 aromatic rings. The third-order valence-corrected chi connectivity index (χ3v) is 3.79. The molecular formula is C11H15NOS. The minimum absolute atomic E-state index is 0.774. The Kier molecular flexibility index (Phi) is 3.45. The normalized spacial score (nSPS) is 16.6. The van der Waals surface area contributed by atoms with E-state index in [0.29, 0.717) is 0 Å². The lowest BCUT2D eigenvalue weighted by Crippen LogP contribution is -2.15. The second kappa shape index (κ2) is 4.82.